The van der Waals surface area contributed by atoms with Crippen LogP contribution in [0, 0.1) is 13.8 Å². The quantitative estimate of drug-likeness (QED) is 0.577. The van der Waals surface area contributed by atoms with Crippen LogP contribution < -0.4 is 9.47 Å². The summed E-state index contributed by atoms with van der Waals surface area (Å²) in [5, 5.41) is 0. The van der Waals surface area contributed by atoms with Crippen LogP contribution in [-0.2, 0) is 17.8 Å². The Kier molecular flexibility index (Phi) is 5.70. The largest absolute Gasteiger partial charge is 0.461 e. The van der Waals surface area contributed by atoms with Gasteiger partial charge in [0.2, 0.25) is 6.79 Å². The van der Waals surface area contributed by atoms with Crippen molar-refractivity contribution in [3.8, 4) is 11.5 Å². The van der Waals surface area contributed by atoms with Gasteiger partial charge in [-0.3, -0.25) is 4.79 Å². The Morgan fingerprint density at radius 3 is 2.68 bits per heavy atom. The first kappa shape index (κ1) is 20.6. The van der Waals surface area contributed by atoms with Gasteiger partial charge in [-0.1, -0.05) is 6.07 Å². The van der Waals surface area contributed by atoms with E-state index in [-0.39, 0.29) is 18.5 Å². The molecule has 0 fully saturated rings. The molecule has 3 heterocycles. The number of aryl methyl sites for hydroxylation is 1. The standard InChI is InChI=1S/C23H24N2O6/c1-4-28-23(27)21-14(2)17(15(3)24-21)12-25(22(26)19-6-5-9-29-19)11-16-7-8-18-20(10-16)31-13-30-18/h5-10,24H,4,11-13H2,1-3H3. The molecule has 0 atom stereocenters. The van der Waals surface area contributed by atoms with Crippen molar-refractivity contribution in [2.75, 3.05) is 13.4 Å². The van der Waals surface area contributed by atoms with Crippen LogP contribution in [0.4, 0.5) is 0 Å². The monoisotopic (exact) mass is 424 g/mol. The normalized spacial score (nSPS) is 12.1. The molecule has 1 N–H and O–H groups in total. The Morgan fingerprint density at radius 1 is 1.13 bits per heavy atom. The van der Waals surface area contributed by atoms with Gasteiger partial charge in [-0.05, 0) is 61.7 Å². The van der Waals surface area contributed by atoms with Crippen LogP contribution in [0.25, 0.3) is 0 Å². The third kappa shape index (κ3) is 4.14. The molecule has 1 aliphatic heterocycles. The first-order valence-electron chi connectivity index (χ1n) is 10.0. The number of H-pyrrole nitrogens is 1. The van der Waals surface area contributed by atoms with Crippen molar-refractivity contribution < 1.29 is 28.2 Å². The predicted molar refractivity (Wildman–Crippen MR) is 111 cm³/mol. The van der Waals surface area contributed by atoms with E-state index in [0.29, 0.717) is 36.9 Å². The Balaban J connectivity index is 1.64. The highest BCUT2D eigenvalue weighted by molar-refractivity contribution is 5.92. The van der Waals surface area contributed by atoms with Gasteiger partial charge in [0.05, 0.1) is 12.9 Å². The van der Waals surface area contributed by atoms with Crippen LogP contribution in [-0.4, -0.2) is 35.2 Å². The molecule has 8 heteroatoms. The lowest BCUT2D eigenvalue weighted by atomic mass is 10.1. The number of aromatic amines is 1. The zero-order valence-electron chi connectivity index (χ0n) is 17.7. The van der Waals surface area contributed by atoms with E-state index < -0.39 is 5.97 Å². The van der Waals surface area contributed by atoms with Crippen molar-refractivity contribution in [2.45, 2.75) is 33.9 Å². The van der Waals surface area contributed by atoms with E-state index in [1.165, 1.54) is 6.26 Å². The molecule has 0 bridgehead atoms. The van der Waals surface area contributed by atoms with Crippen LogP contribution in [0.3, 0.4) is 0 Å². The number of amides is 1. The smallest absolute Gasteiger partial charge is 0.355 e. The molecular formula is C23H24N2O6. The molecule has 1 amide bonds. The van der Waals surface area contributed by atoms with E-state index in [2.05, 4.69) is 4.98 Å². The van der Waals surface area contributed by atoms with Gasteiger partial charge in [-0.25, -0.2) is 4.79 Å². The number of esters is 1. The second kappa shape index (κ2) is 8.59. The highest BCUT2D eigenvalue weighted by atomic mass is 16.7. The molecule has 0 aliphatic carbocycles. The summed E-state index contributed by atoms with van der Waals surface area (Å²) in [5.41, 5.74) is 3.73. The number of benzene rings is 1. The lowest BCUT2D eigenvalue weighted by Crippen LogP contribution is -2.30. The maximum Gasteiger partial charge on any atom is 0.355 e. The molecule has 4 rings (SSSR count). The molecule has 1 aliphatic rings. The van der Waals surface area contributed by atoms with Gasteiger partial charge in [-0.2, -0.15) is 0 Å². The van der Waals surface area contributed by atoms with E-state index in [1.807, 2.05) is 32.0 Å². The summed E-state index contributed by atoms with van der Waals surface area (Å²) >= 11 is 0. The van der Waals surface area contributed by atoms with Gasteiger partial charge in [0.25, 0.3) is 5.91 Å². The van der Waals surface area contributed by atoms with Crippen molar-refractivity contribution in [3.05, 3.63) is 70.4 Å². The number of nitrogens with zero attached hydrogens (tertiary/aromatic N) is 1. The van der Waals surface area contributed by atoms with E-state index in [0.717, 1.165) is 22.4 Å². The molecule has 2 aromatic heterocycles. The molecule has 0 saturated carbocycles. The first-order chi connectivity index (χ1) is 15.0. The van der Waals surface area contributed by atoms with Gasteiger partial charge in [-0.15, -0.1) is 0 Å². The van der Waals surface area contributed by atoms with Gasteiger partial charge in [0.15, 0.2) is 17.3 Å². The zero-order valence-corrected chi connectivity index (χ0v) is 17.7. The van der Waals surface area contributed by atoms with Gasteiger partial charge < -0.3 is 28.5 Å². The summed E-state index contributed by atoms with van der Waals surface area (Å²) in [6, 6.07) is 8.91. The number of nitrogens with one attached hydrogen (secondary N) is 1. The van der Waals surface area contributed by atoms with Crippen LogP contribution in [0.1, 0.15) is 50.4 Å². The number of ether oxygens (including phenoxy) is 3. The van der Waals surface area contributed by atoms with E-state index >= 15 is 0 Å². The second-order valence-corrected chi connectivity index (χ2v) is 7.28. The SMILES string of the molecule is CCOC(=O)c1[nH]c(C)c(CN(Cc2ccc3c(c2)OCO3)C(=O)c2ccco2)c1C. The fourth-order valence-corrected chi connectivity index (χ4v) is 3.64. The molecule has 0 radical (unpaired) electrons. The van der Waals surface area contributed by atoms with Crippen LogP contribution in [0.5, 0.6) is 11.5 Å². The molecule has 8 nitrogen and oxygen atoms in total. The molecule has 0 saturated heterocycles. The number of hydrogen-bond acceptors (Lipinski definition) is 6. The Bertz CT molecular complexity index is 1100. The van der Waals surface area contributed by atoms with Crippen LogP contribution >= 0.6 is 0 Å². The molecule has 31 heavy (non-hydrogen) atoms. The Morgan fingerprint density at radius 2 is 1.94 bits per heavy atom. The predicted octanol–water partition coefficient (Wildman–Crippen LogP) is 3.97. The van der Waals surface area contributed by atoms with Crippen molar-refractivity contribution in [2.24, 2.45) is 0 Å². The maximum atomic E-state index is 13.2. The average Bonchev–Trinajstić information content (AvgIpc) is 3.49. The third-order valence-corrected chi connectivity index (χ3v) is 5.25. The topological polar surface area (TPSA) is 94.0 Å². The van der Waals surface area contributed by atoms with E-state index in [1.54, 1.807) is 24.0 Å². The number of fused-ring (bicyclic) bond motifs is 1. The zero-order chi connectivity index (χ0) is 22.0. The highest BCUT2D eigenvalue weighted by Gasteiger charge is 2.25. The molecular weight excluding hydrogens is 400 g/mol. The van der Waals surface area contributed by atoms with Crippen molar-refractivity contribution in [1.82, 2.24) is 9.88 Å². The number of hydrogen-bond donors (Lipinski definition) is 1. The lowest BCUT2D eigenvalue weighted by Gasteiger charge is -2.23. The molecule has 3 aromatic rings. The van der Waals surface area contributed by atoms with Gasteiger partial charge >= 0.3 is 5.97 Å². The fraction of sp³-hybridized carbons (Fsp3) is 0.304. The van der Waals surface area contributed by atoms with Crippen LogP contribution in [0.2, 0.25) is 0 Å². The molecule has 0 spiro atoms. The summed E-state index contributed by atoms with van der Waals surface area (Å²) in [5.74, 6) is 0.928. The van der Waals surface area contributed by atoms with Crippen LogP contribution in [0.15, 0.2) is 41.0 Å². The molecule has 1 aromatic carbocycles. The molecule has 0 unspecified atom stereocenters. The summed E-state index contributed by atoms with van der Waals surface area (Å²) in [7, 11) is 0. The summed E-state index contributed by atoms with van der Waals surface area (Å²) in [6.45, 7) is 6.59. The minimum Gasteiger partial charge on any atom is -0.461 e. The Labute approximate surface area is 179 Å². The number of aromatic nitrogens is 1. The number of carbonyl (C=O) groups is 2. The average molecular weight is 424 g/mol. The van der Waals surface area contributed by atoms with Crippen molar-refractivity contribution >= 4 is 11.9 Å². The van der Waals surface area contributed by atoms with E-state index in [4.69, 9.17) is 18.6 Å². The van der Waals surface area contributed by atoms with Gasteiger partial charge in [0, 0.05) is 18.8 Å². The van der Waals surface area contributed by atoms with Gasteiger partial charge in [0.1, 0.15) is 5.69 Å². The lowest BCUT2D eigenvalue weighted by molar-refractivity contribution is 0.0519. The Hall–Kier alpha value is -3.68. The summed E-state index contributed by atoms with van der Waals surface area (Å²) in [4.78, 5) is 30.2. The number of rotatable bonds is 7. The summed E-state index contributed by atoms with van der Waals surface area (Å²) < 4.78 is 21.3. The number of carbonyl (C=O) groups excluding carboxylic acids is 2. The first-order valence-corrected chi connectivity index (χ1v) is 10.0. The molecule has 162 valence electrons. The third-order valence-electron chi connectivity index (χ3n) is 5.25. The van der Waals surface area contributed by atoms with E-state index in [9.17, 15) is 9.59 Å². The minimum absolute atomic E-state index is 0.187. The van der Waals surface area contributed by atoms with Crippen molar-refractivity contribution in [1.29, 1.82) is 0 Å². The highest BCUT2D eigenvalue weighted by Crippen LogP contribution is 2.33. The minimum atomic E-state index is -0.408. The summed E-state index contributed by atoms with van der Waals surface area (Å²) in [6.07, 6.45) is 1.47. The fourth-order valence-electron chi connectivity index (χ4n) is 3.64. The maximum absolute atomic E-state index is 13.2. The number of furan rings is 1. The van der Waals surface area contributed by atoms with Crippen molar-refractivity contribution in [3.63, 3.8) is 0 Å². The second-order valence-electron chi connectivity index (χ2n) is 7.28.